The second-order valence-corrected chi connectivity index (χ2v) is 0.290. The average molecular weight is 70.0 g/mol. The first-order valence-electron chi connectivity index (χ1n) is 0.667. The fourth-order valence-electron chi connectivity index (χ4n) is 0. The molecule has 0 spiro atoms. The van der Waals surface area contributed by atoms with Crippen LogP contribution in [-0.2, 0) is 0 Å². The molecule has 0 aliphatic heterocycles. The molecule has 24 valence electrons. The van der Waals surface area contributed by atoms with Crippen LogP contribution in [-0.4, -0.2) is 0 Å². The predicted octanol–water partition coefficient (Wildman–Crippen LogP) is -1.80. The van der Waals surface area contributed by atoms with Crippen molar-refractivity contribution < 1.29 is 27.6 Å². The van der Waals surface area contributed by atoms with Crippen LogP contribution < -0.4 is 18.9 Å². The molecule has 0 saturated heterocycles. The Kier molecular flexibility index (Phi) is 7.52. The van der Waals surface area contributed by atoms with Crippen molar-refractivity contribution in [3.8, 4) is 0 Å². The van der Waals surface area contributed by atoms with Gasteiger partial charge in [-0.05, 0) is 0 Å². The Morgan fingerprint density at radius 2 is 1.40 bits per heavy atom. The molecule has 0 nitrogen and oxygen atoms in total. The van der Waals surface area contributed by atoms with E-state index >= 15 is 0 Å². The fraction of sp³-hybridized carbons (Fsp3) is 0. The molecular weight excluding hydrogens is 69.0 g/mol. The standard InChI is InChI=1S/C2HF2.Li/c1-2(3)4;/h1H;/q-1;+1. The minimum Gasteiger partial charge on any atom is -0.445 e. The van der Waals surface area contributed by atoms with Crippen LogP contribution in [0.4, 0.5) is 8.78 Å². The quantitative estimate of drug-likeness (QED) is 0.233. The first-order valence-corrected chi connectivity index (χ1v) is 0.667. The van der Waals surface area contributed by atoms with Gasteiger partial charge in [-0.25, -0.2) is 8.78 Å². The van der Waals surface area contributed by atoms with E-state index in [1.165, 1.54) is 0 Å². The second kappa shape index (κ2) is 4.20. The summed E-state index contributed by atoms with van der Waals surface area (Å²) < 4.78 is 20.1. The third-order valence-electron chi connectivity index (χ3n) is 0. The van der Waals surface area contributed by atoms with E-state index in [1.54, 1.807) is 0 Å². The third kappa shape index (κ3) is 520. The predicted molar refractivity (Wildman–Crippen MR) is 10.0 cm³/mol. The maximum absolute atomic E-state index is 10.0. The molecule has 3 heteroatoms. The van der Waals surface area contributed by atoms with Gasteiger partial charge >= 0.3 is 18.9 Å². The van der Waals surface area contributed by atoms with Gasteiger partial charge in [0, 0.05) is 0 Å². The fourth-order valence-corrected chi connectivity index (χ4v) is 0. The molecule has 0 fully saturated rings. The number of halogens is 2. The van der Waals surface area contributed by atoms with Crippen LogP contribution in [0.3, 0.4) is 0 Å². The van der Waals surface area contributed by atoms with Crippen LogP contribution >= 0.6 is 0 Å². The van der Waals surface area contributed by atoms with Crippen molar-refractivity contribution >= 4 is 0 Å². The summed E-state index contributed by atoms with van der Waals surface area (Å²) in [6, 6.07) is 0. The Morgan fingerprint density at radius 1 is 1.40 bits per heavy atom. The third-order valence-corrected chi connectivity index (χ3v) is 0. The van der Waals surface area contributed by atoms with Gasteiger partial charge in [-0.1, -0.05) is 0 Å². The van der Waals surface area contributed by atoms with E-state index in [2.05, 4.69) is 6.58 Å². The first-order chi connectivity index (χ1) is 1.73. The molecule has 0 aliphatic carbocycles. The Morgan fingerprint density at radius 3 is 1.40 bits per heavy atom. The maximum atomic E-state index is 10.0. The smallest absolute Gasteiger partial charge is 0.445 e. The van der Waals surface area contributed by atoms with Gasteiger partial charge in [-0.2, -0.15) is 0 Å². The van der Waals surface area contributed by atoms with Gasteiger partial charge in [0.15, 0.2) is 0 Å². The van der Waals surface area contributed by atoms with Crippen molar-refractivity contribution in [2.45, 2.75) is 0 Å². The van der Waals surface area contributed by atoms with Crippen molar-refractivity contribution in [2.24, 2.45) is 0 Å². The van der Waals surface area contributed by atoms with E-state index in [1.807, 2.05) is 0 Å². The minimum absolute atomic E-state index is 0. The molecule has 0 saturated carbocycles. The van der Waals surface area contributed by atoms with Crippen LogP contribution in [0.15, 0.2) is 6.08 Å². The molecule has 0 aromatic heterocycles. The molecule has 0 amide bonds. The van der Waals surface area contributed by atoms with Gasteiger partial charge < -0.3 is 6.58 Å². The van der Waals surface area contributed by atoms with Gasteiger partial charge in [0.05, 0.1) is 6.08 Å². The van der Waals surface area contributed by atoms with E-state index in [4.69, 9.17) is 0 Å². The normalized spacial score (nSPS) is 5.20. The number of hydrogen-bond donors (Lipinski definition) is 0. The van der Waals surface area contributed by atoms with E-state index in [9.17, 15) is 8.78 Å². The zero-order valence-corrected chi connectivity index (χ0v) is 2.83. The van der Waals surface area contributed by atoms with Gasteiger partial charge in [0.25, 0.3) is 0 Å². The molecule has 0 atom stereocenters. The largest absolute Gasteiger partial charge is 1.00 e. The van der Waals surface area contributed by atoms with Crippen molar-refractivity contribution in [3.63, 3.8) is 0 Å². The first kappa shape index (κ1) is 8.96. The molecule has 0 radical (unpaired) electrons. The van der Waals surface area contributed by atoms with Gasteiger partial charge in [0.2, 0.25) is 0 Å². The van der Waals surface area contributed by atoms with Crippen LogP contribution in [0.5, 0.6) is 0 Å². The van der Waals surface area contributed by atoms with Crippen molar-refractivity contribution in [1.82, 2.24) is 0 Å². The number of rotatable bonds is 0. The van der Waals surface area contributed by atoms with Gasteiger partial charge in [-0.15, -0.1) is 0 Å². The average Bonchev–Trinajstić information content (AvgIpc) is 0.811. The SMILES string of the molecule is [CH-]=C(F)F.[Li+]. The Balaban J connectivity index is 0. The van der Waals surface area contributed by atoms with E-state index in [-0.39, 0.29) is 18.9 Å². The Labute approximate surface area is 41.0 Å². The Bertz CT molecular complexity index is 30.6. The molecule has 0 rings (SSSR count). The molecule has 0 aliphatic rings. The summed E-state index contributed by atoms with van der Waals surface area (Å²) in [7, 11) is 0. The summed E-state index contributed by atoms with van der Waals surface area (Å²) in [5.41, 5.74) is 0. The van der Waals surface area contributed by atoms with E-state index in [0.717, 1.165) is 0 Å². The number of hydrogen-bond acceptors (Lipinski definition) is 0. The van der Waals surface area contributed by atoms with Crippen molar-refractivity contribution in [2.75, 3.05) is 0 Å². The van der Waals surface area contributed by atoms with Crippen LogP contribution in [0, 0.1) is 6.58 Å². The molecule has 0 bridgehead atoms. The molecule has 0 N–H and O–H groups in total. The molecule has 0 aromatic rings. The maximum Gasteiger partial charge on any atom is 1.00 e. The summed E-state index contributed by atoms with van der Waals surface area (Å²) in [5, 5.41) is 0. The molecule has 0 heterocycles. The van der Waals surface area contributed by atoms with E-state index in [0.29, 0.717) is 0 Å². The van der Waals surface area contributed by atoms with Gasteiger partial charge in [0.1, 0.15) is 0 Å². The van der Waals surface area contributed by atoms with Crippen molar-refractivity contribution in [3.05, 3.63) is 12.7 Å². The molecule has 0 unspecified atom stereocenters. The van der Waals surface area contributed by atoms with Gasteiger partial charge in [-0.3, -0.25) is 0 Å². The zero-order chi connectivity index (χ0) is 3.58. The zero-order valence-electron chi connectivity index (χ0n) is 2.83. The summed E-state index contributed by atoms with van der Waals surface area (Å²) in [4.78, 5) is 0. The minimum atomic E-state index is -2.08. The summed E-state index contributed by atoms with van der Waals surface area (Å²) in [5.74, 6) is 0. The van der Waals surface area contributed by atoms with Crippen molar-refractivity contribution in [1.29, 1.82) is 0 Å². The topological polar surface area (TPSA) is 0 Å². The summed E-state index contributed by atoms with van der Waals surface area (Å²) in [6.45, 7) is 3.69. The Hall–Kier alpha value is 0.197. The molecule has 0 aromatic carbocycles. The molecular formula is C2HF2Li. The summed E-state index contributed by atoms with van der Waals surface area (Å²) in [6.07, 6.45) is -2.08. The van der Waals surface area contributed by atoms with E-state index < -0.39 is 6.08 Å². The molecule has 5 heavy (non-hydrogen) atoms. The monoisotopic (exact) mass is 70.0 g/mol. The van der Waals surface area contributed by atoms with Crippen LogP contribution in [0.1, 0.15) is 0 Å². The summed E-state index contributed by atoms with van der Waals surface area (Å²) >= 11 is 0. The van der Waals surface area contributed by atoms with Crippen LogP contribution in [0.25, 0.3) is 0 Å². The van der Waals surface area contributed by atoms with Crippen LogP contribution in [0.2, 0.25) is 0 Å². The second-order valence-electron chi connectivity index (χ2n) is 0.290.